The lowest BCUT2D eigenvalue weighted by atomic mass is 9.95. The number of aryl methyl sites for hydroxylation is 1. The van der Waals surface area contributed by atoms with Gasteiger partial charge in [0.05, 0.1) is 12.3 Å². The molecule has 136 valence electrons. The zero-order valence-corrected chi connectivity index (χ0v) is 15.7. The van der Waals surface area contributed by atoms with E-state index in [-0.39, 0.29) is 5.41 Å². The lowest BCUT2D eigenvalue weighted by molar-refractivity contribution is 0.181. The Morgan fingerprint density at radius 1 is 1.20 bits per heavy atom. The Morgan fingerprint density at radius 2 is 1.92 bits per heavy atom. The lowest BCUT2D eigenvalue weighted by Gasteiger charge is -2.32. The van der Waals surface area contributed by atoms with Gasteiger partial charge in [0.25, 0.3) is 0 Å². The van der Waals surface area contributed by atoms with Gasteiger partial charge in [-0.25, -0.2) is 9.97 Å². The third-order valence-corrected chi connectivity index (χ3v) is 4.46. The zero-order valence-electron chi connectivity index (χ0n) is 15.7. The standard InChI is InChI=1S/C18H27N5O2/c1-12-19-16(22-25-12)13-6-8-23(9-7-13)15-10-14(11-24-5)20-17(21-15)18(2,3)4/h10,13H,6-9,11H2,1-5H3. The maximum Gasteiger partial charge on any atom is 0.223 e. The van der Waals surface area contributed by atoms with E-state index in [9.17, 15) is 0 Å². The van der Waals surface area contributed by atoms with Gasteiger partial charge in [0.2, 0.25) is 5.89 Å². The Morgan fingerprint density at radius 3 is 2.48 bits per heavy atom. The third-order valence-electron chi connectivity index (χ3n) is 4.46. The number of aromatic nitrogens is 4. The highest BCUT2D eigenvalue weighted by atomic mass is 16.5. The predicted octanol–water partition coefficient (Wildman–Crippen LogP) is 3.00. The first-order valence-electron chi connectivity index (χ1n) is 8.79. The van der Waals surface area contributed by atoms with Gasteiger partial charge < -0.3 is 14.2 Å². The molecule has 2 aromatic rings. The average Bonchev–Trinajstić information content (AvgIpc) is 3.01. The summed E-state index contributed by atoms with van der Waals surface area (Å²) in [6, 6.07) is 2.04. The summed E-state index contributed by atoms with van der Waals surface area (Å²) in [5.41, 5.74) is 0.826. The summed E-state index contributed by atoms with van der Waals surface area (Å²) in [7, 11) is 1.69. The third kappa shape index (κ3) is 4.15. The van der Waals surface area contributed by atoms with Crippen molar-refractivity contribution in [1.29, 1.82) is 0 Å². The maximum atomic E-state index is 5.28. The molecule has 0 unspecified atom stereocenters. The van der Waals surface area contributed by atoms with Gasteiger partial charge in [0, 0.05) is 44.5 Å². The summed E-state index contributed by atoms with van der Waals surface area (Å²) in [6.07, 6.45) is 1.99. The van der Waals surface area contributed by atoms with Gasteiger partial charge in [0.15, 0.2) is 5.82 Å². The fraction of sp³-hybridized carbons (Fsp3) is 0.667. The first kappa shape index (κ1) is 17.8. The molecule has 0 aliphatic carbocycles. The minimum atomic E-state index is -0.0982. The van der Waals surface area contributed by atoms with Gasteiger partial charge in [-0.3, -0.25) is 0 Å². The number of ether oxygens (including phenoxy) is 1. The summed E-state index contributed by atoms with van der Waals surface area (Å²) < 4.78 is 10.4. The molecule has 1 aliphatic heterocycles. The van der Waals surface area contributed by atoms with E-state index < -0.39 is 0 Å². The van der Waals surface area contributed by atoms with E-state index in [2.05, 4.69) is 40.8 Å². The maximum absolute atomic E-state index is 5.28. The molecule has 3 rings (SSSR count). The van der Waals surface area contributed by atoms with E-state index in [0.29, 0.717) is 18.4 Å². The number of nitrogens with zero attached hydrogens (tertiary/aromatic N) is 5. The Balaban J connectivity index is 1.77. The van der Waals surface area contributed by atoms with Crippen LogP contribution < -0.4 is 4.90 Å². The van der Waals surface area contributed by atoms with E-state index in [1.807, 2.05) is 13.0 Å². The molecule has 1 aliphatic rings. The second-order valence-corrected chi connectivity index (χ2v) is 7.66. The summed E-state index contributed by atoms with van der Waals surface area (Å²) in [4.78, 5) is 16.2. The van der Waals surface area contributed by atoms with Gasteiger partial charge in [-0.2, -0.15) is 4.98 Å². The normalized spacial score (nSPS) is 16.4. The minimum Gasteiger partial charge on any atom is -0.378 e. The van der Waals surface area contributed by atoms with Crippen LogP contribution in [0.3, 0.4) is 0 Å². The Hall–Kier alpha value is -2.02. The van der Waals surface area contributed by atoms with Crippen LogP contribution in [0.25, 0.3) is 0 Å². The van der Waals surface area contributed by atoms with Crippen LogP contribution in [0.4, 0.5) is 5.82 Å². The molecule has 3 heterocycles. The van der Waals surface area contributed by atoms with Crippen LogP contribution in [-0.2, 0) is 16.8 Å². The van der Waals surface area contributed by atoms with E-state index in [0.717, 1.165) is 49.1 Å². The van der Waals surface area contributed by atoms with Crippen molar-refractivity contribution in [3.05, 3.63) is 29.3 Å². The molecular weight excluding hydrogens is 318 g/mol. The van der Waals surface area contributed by atoms with Crippen LogP contribution in [0, 0.1) is 6.92 Å². The molecule has 1 fully saturated rings. The van der Waals surface area contributed by atoms with Crippen molar-refractivity contribution in [3.8, 4) is 0 Å². The van der Waals surface area contributed by atoms with Crippen molar-refractivity contribution in [1.82, 2.24) is 20.1 Å². The topological polar surface area (TPSA) is 77.2 Å². The summed E-state index contributed by atoms with van der Waals surface area (Å²) in [5.74, 6) is 3.65. The van der Waals surface area contributed by atoms with Crippen LogP contribution in [-0.4, -0.2) is 40.3 Å². The monoisotopic (exact) mass is 345 g/mol. The molecule has 0 radical (unpaired) electrons. The Bertz CT molecular complexity index is 714. The average molecular weight is 345 g/mol. The highest BCUT2D eigenvalue weighted by molar-refractivity contribution is 5.41. The van der Waals surface area contributed by atoms with Crippen LogP contribution in [0.1, 0.15) is 62.8 Å². The van der Waals surface area contributed by atoms with Crippen molar-refractivity contribution in [3.63, 3.8) is 0 Å². The van der Waals surface area contributed by atoms with Crippen LogP contribution in [0.2, 0.25) is 0 Å². The largest absolute Gasteiger partial charge is 0.378 e. The Kier molecular flexibility index (Phi) is 5.03. The molecule has 0 amide bonds. The molecule has 25 heavy (non-hydrogen) atoms. The molecular formula is C18H27N5O2. The van der Waals surface area contributed by atoms with Gasteiger partial charge in [-0.05, 0) is 12.8 Å². The molecule has 7 heteroatoms. The first-order chi connectivity index (χ1) is 11.9. The number of anilines is 1. The SMILES string of the molecule is COCc1cc(N2CCC(c3noc(C)n3)CC2)nc(C(C)(C)C)n1. The van der Waals surface area contributed by atoms with Crippen LogP contribution >= 0.6 is 0 Å². The van der Waals surface area contributed by atoms with Crippen molar-refractivity contribution < 1.29 is 9.26 Å². The fourth-order valence-corrected chi connectivity index (χ4v) is 3.05. The molecule has 0 aromatic carbocycles. The number of hydrogen-bond donors (Lipinski definition) is 0. The molecule has 2 aromatic heterocycles. The second kappa shape index (κ2) is 7.07. The highest BCUT2D eigenvalue weighted by Gasteiger charge is 2.26. The van der Waals surface area contributed by atoms with Crippen LogP contribution in [0.15, 0.2) is 10.6 Å². The summed E-state index contributed by atoms with van der Waals surface area (Å²) in [6.45, 7) is 10.6. The number of piperidine rings is 1. The molecule has 0 bridgehead atoms. The molecule has 0 atom stereocenters. The molecule has 0 spiro atoms. The molecule has 0 saturated carbocycles. The summed E-state index contributed by atoms with van der Waals surface area (Å²) >= 11 is 0. The van der Waals surface area contributed by atoms with E-state index in [1.165, 1.54) is 0 Å². The minimum absolute atomic E-state index is 0.0982. The van der Waals surface area contributed by atoms with E-state index >= 15 is 0 Å². The van der Waals surface area contributed by atoms with E-state index in [1.54, 1.807) is 7.11 Å². The van der Waals surface area contributed by atoms with Crippen molar-refractivity contribution in [2.75, 3.05) is 25.1 Å². The quantitative estimate of drug-likeness (QED) is 0.843. The molecule has 7 nitrogen and oxygen atoms in total. The second-order valence-electron chi connectivity index (χ2n) is 7.66. The van der Waals surface area contributed by atoms with E-state index in [4.69, 9.17) is 14.2 Å². The van der Waals surface area contributed by atoms with Gasteiger partial charge in [-0.1, -0.05) is 25.9 Å². The molecule has 1 saturated heterocycles. The lowest BCUT2D eigenvalue weighted by Crippen LogP contribution is -2.34. The fourth-order valence-electron chi connectivity index (χ4n) is 3.05. The van der Waals surface area contributed by atoms with Crippen LogP contribution in [0.5, 0.6) is 0 Å². The van der Waals surface area contributed by atoms with Crippen molar-refractivity contribution in [2.45, 2.75) is 58.5 Å². The number of rotatable bonds is 4. The van der Waals surface area contributed by atoms with Crippen molar-refractivity contribution >= 4 is 5.82 Å². The first-order valence-corrected chi connectivity index (χ1v) is 8.79. The zero-order chi connectivity index (χ0) is 18.0. The highest BCUT2D eigenvalue weighted by Crippen LogP contribution is 2.29. The number of methoxy groups -OCH3 is 1. The van der Waals surface area contributed by atoms with Gasteiger partial charge >= 0.3 is 0 Å². The van der Waals surface area contributed by atoms with Gasteiger partial charge in [-0.15, -0.1) is 0 Å². The molecule has 0 N–H and O–H groups in total. The Labute approximate surface area is 148 Å². The number of hydrogen-bond acceptors (Lipinski definition) is 7. The van der Waals surface area contributed by atoms with Gasteiger partial charge in [0.1, 0.15) is 11.6 Å². The van der Waals surface area contributed by atoms with Crippen molar-refractivity contribution in [2.24, 2.45) is 0 Å². The summed E-state index contributed by atoms with van der Waals surface area (Å²) in [5, 5.41) is 4.08. The predicted molar refractivity (Wildman–Crippen MR) is 94.7 cm³/mol. The smallest absolute Gasteiger partial charge is 0.223 e.